The molecule has 1 aromatic rings. The highest BCUT2D eigenvalue weighted by molar-refractivity contribution is 5.37. The topological polar surface area (TPSA) is 75.4 Å². The molecule has 2 N–H and O–H groups in total. The lowest BCUT2D eigenvalue weighted by Crippen LogP contribution is -2.17. The lowest BCUT2D eigenvalue weighted by atomic mass is 10.1. The molecule has 0 saturated heterocycles. The first-order valence-electron chi connectivity index (χ1n) is 6.39. The molecule has 7 heteroatoms. The van der Waals surface area contributed by atoms with Gasteiger partial charge in [0.1, 0.15) is 5.82 Å². The number of halogens is 2. The Kier molecular flexibility index (Phi) is 6.47. The normalized spacial score (nSPS) is 12.4. The summed E-state index contributed by atoms with van der Waals surface area (Å²) in [6, 6.07) is 1.44. The maximum absolute atomic E-state index is 13.5. The summed E-state index contributed by atoms with van der Waals surface area (Å²) in [6.45, 7) is 2.73. The minimum absolute atomic E-state index is 0.0632. The average Bonchev–Trinajstić information content (AvgIpc) is 2.39. The maximum Gasteiger partial charge on any atom is 0.305 e. The van der Waals surface area contributed by atoms with Crippen LogP contribution < -0.4 is 5.32 Å². The van der Waals surface area contributed by atoms with E-state index < -0.39 is 22.2 Å². The van der Waals surface area contributed by atoms with Gasteiger partial charge in [0.05, 0.1) is 4.92 Å². The van der Waals surface area contributed by atoms with Gasteiger partial charge in [0.25, 0.3) is 0 Å². The van der Waals surface area contributed by atoms with E-state index >= 15 is 0 Å². The number of hydrogen-bond donors (Lipinski definition) is 2. The third kappa shape index (κ3) is 4.82. The molecule has 0 aromatic heterocycles. The van der Waals surface area contributed by atoms with Crippen molar-refractivity contribution in [3.8, 4) is 0 Å². The molecule has 1 atom stereocenters. The van der Waals surface area contributed by atoms with Crippen molar-refractivity contribution in [3.05, 3.63) is 39.4 Å². The van der Waals surface area contributed by atoms with Gasteiger partial charge in [0.15, 0.2) is 0 Å². The van der Waals surface area contributed by atoms with Gasteiger partial charge in [0.2, 0.25) is 5.82 Å². The predicted octanol–water partition coefficient (Wildman–Crippen LogP) is 2.37. The molecule has 0 aliphatic rings. The van der Waals surface area contributed by atoms with E-state index in [1.165, 1.54) is 0 Å². The van der Waals surface area contributed by atoms with E-state index in [1.807, 2.05) is 6.92 Å². The lowest BCUT2D eigenvalue weighted by molar-refractivity contribution is -0.387. The summed E-state index contributed by atoms with van der Waals surface area (Å²) in [6.07, 6.45) is 1.63. The highest BCUT2D eigenvalue weighted by Crippen LogP contribution is 2.21. The fraction of sp³-hybridized carbons (Fsp3) is 0.538. The van der Waals surface area contributed by atoms with Crippen molar-refractivity contribution in [1.82, 2.24) is 5.32 Å². The van der Waals surface area contributed by atoms with Crippen molar-refractivity contribution < 1.29 is 18.8 Å². The van der Waals surface area contributed by atoms with Gasteiger partial charge in [-0.25, -0.2) is 4.39 Å². The Balaban J connectivity index is 2.51. The zero-order chi connectivity index (χ0) is 15.1. The molecule has 0 bridgehead atoms. The van der Waals surface area contributed by atoms with Crippen LogP contribution in [0.4, 0.5) is 14.5 Å². The third-order valence-electron chi connectivity index (χ3n) is 2.99. The first-order valence-corrected chi connectivity index (χ1v) is 6.39. The Morgan fingerprint density at radius 2 is 2.10 bits per heavy atom. The van der Waals surface area contributed by atoms with Crippen molar-refractivity contribution in [3.63, 3.8) is 0 Å². The molecule has 1 unspecified atom stereocenters. The predicted molar refractivity (Wildman–Crippen MR) is 70.2 cm³/mol. The molecule has 20 heavy (non-hydrogen) atoms. The maximum atomic E-state index is 13.5. The molecule has 5 nitrogen and oxygen atoms in total. The number of aliphatic hydroxyl groups is 1. The second-order valence-corrected chi connectivity index (χ2v) is 4.76. The van der Waals surface area contributed by atoms with Crippen LogP contribution in [0.25, 0.3) is 0 Å². The number of nitro benzene ring substituents is 1. The second-order valence-electron chi connectivity index (χ2n) is 4.76. The molecule has 0 heterocycles. The number of nitro groups is 1. The zero-order valence-corrected chi connectivity index (χ0v) is 11.2. The Hall–Kier alpha value is -1.60. The van der Waals surface area contributed by atoms with E-state index in [9.17, 15) is 18.9 Å². The van der Waals surface area contributed by atoms with E-state index in [1.54, 1.807) is 0 Å². The van der Waals surface area contributed by atoms with Crippen LogP contribution in [0, 0.1) is 27.7 Å². The fourth-order valence-corrected chi connectivity index (χ4v) is 1.75. The summed E-state index contributed by atoms with van der Waals surface area (Å²) >= 11 is 0. The van der Waals surface area contributed by atoms with Crippen molar-refractivity contribution in [2.75, 3.05) is 13.2 Å². The van der Waals surface area contributed by atoms with Gasteiger partial charge in [-0.3, -0.25) is 10.1 Å². The summed E-state index contributed by atoms with van der Waals surface area (Å²) < 4.78 is 26.6. The van der Waals surface area contributed by atoms with Crippen molar-refractivity contribution in [2.24, 2.45) is 5.92 Å². The SMILES string of the molecule is CC(CO)CCCNCc1cc([N+](=O)[O-])c(F)cc1F. The van der Waals surface area contributed by atoms with Crippen LogP contribution in [0.3, 0.4) is 0 Å². The standard InChI is InChI=1S/C13H18F2N2O3/c1-9(8-18)3-2-4-16-7-10-5-13(17(19)20)12(15)6-11(10)14/h5-6,9,16,18H,2-4,7-8H2,1H3. The molecule has 0 amide bonds. The first-order chi connectivity index (χ1) is 9.45. The Labute approximate surface area is 115 Å². The number of nitrogens with zero attached hydrogens (tertiary/aromatic N) is 1. The molecular formula is C13H18F2N2O3. The summed E-state index contributed by atoms with van der Waals surface area (Å²) in [4.78, 5) is 9.69. The molecule has 1 aromatic carbocycles. The molecule has 0 aliphatic heterocycles. The van der Waals surface area contributed by atoms with Crippen LogP contribution in [-0.4, -0.2) is 23.2 Å². The molecule has 0 aliphatic carbocycles. The van der Waals surface area contributed by atoms with Gasteiger partial charge in [-0.15, -0.1) is 0 Å². The van der Waals surface area contributed by atoms with E-state index in [0.717, 1.165) is 18.9 Å². The van der Waals surface area contributed by atoms with Crippen LogP contribution in [0.1, 0.15) is 25.3 Å². The fourth-order valence-electron chi connectivity index (χ4n) is 1.75. The number of nitrogens with one attached hydrogen (secondary N) is 1. The van der Waals surface area contributed by atoms with Gasteiger partial charge in [-0.1, -0.05) is 6.92 Å². The van der Waals surface area contributed by atoms with E-state index in [2.05, 4.69) is 5.32 Å². The zero-order valence-electron chi connectivity index (χ0n) is 11.2. The lowest BCUT2D eigenvalue weighted by Gasteiger charge is -2.09. The Morgan fingerprint density at radius 1 is 1.40 bits per heavy atom. The minimum Gasteiger partial charge on any atom is -0.396 e. The molecular weight excluding hydrogens is 270 g/mol. The van der Waals surface area contributed by atoms with Crippen molar-refractivity contribution in [1.29, 1.82) is 0 Å². The molecule has 0 fully saturated rings. The van der Waals surface area contributed by atoms with Crippen LogP contribution in [0.15, 0.2) is 12.1 Å². The van der Waals surface area contributed by atoms with Gasteiger partial charge in [0, 0.05) is 30.8 Å². The number of benzene rings is 1. The average molecular weight is 288 g/mol. The summed E-state index contributed by atoms with van der Waals surface area (Å²) in [5, 5.41) is 22.4. The molecule has 0 saturated carbocycles. The molecule has 0 spiro atoms. The van der Waals surface area contributed by atoms with E-state index in [-0.39, 0.29) is 24.6 Å². The number of aliphatic hydroxyl groups excluding tert-OH is 1. The monoisotopic (exact) mass is 288 g/mol. The van der Waals surface area contributed by atoms with Crippen molar-refractivity contribution in [2.45, 2.75) is 26.3 Å². The highest BCUT2D eigenvalue weighted by Gasteiger charge is 2.18. The molecule has 0 radical (unpaired) electrons. The first kappa shape index (κ1) is 16.5. The number of hydrogen-bond acceptors (Lipinski definition) is 4. The Morgan fingerprint density at radius 3 is 2.70 bits per heavy atom. The quantitative estimate of drug-likeness (QED) is 0.437. The molecule has 112 valence electrons. The number of rotatable bonds is 8. The van der Waals surface area contributed by atoms with Gasteiger partial charge in [-0.2, -0.15) is 4.39 Å². The smallest absolute Gasteiger partial charge is 0.305 e. The van der Waals surface area contributed by atoms with Crippen LogP contribution in [-0.2, 0) is 6.54 Å². The largest absolute Gasteiger partial charge is 0.396 e. The van der Waals surface area contributed by atoms with Gasteiger partial charge < -0.3 is 10.4 Å². The van der Waals surface area contributed by atoms with Crippen molar-refractivity contribution >= 4 is 5.69 Å². The summed E-state index contributed by atoms with van der Waals surface area (Å²) in [5.41, 5.74) is -0.662. The van der Waals surface area contributed by atoms with Crippen LogP contribution in [0.2, 0.25) is 0 Å². The minimum atomic E-state index is -1.17. The molecule has 1 rings (SSSR count). The summed E-state index contributed by atoms with van der Waals surface area (Å²) in [5.74, 6) is -1.77. The van der Waals surface area contributed by atoms with E-state index in [4.69, 9.17) is 5.11 Å². The third-order valence-corrected chi connectivity index (χ3v) is 2.99. The highest BCUT2D eigenvalue weighted by atomic mass is 19.1. The van der Waals surface area contributed by atoms with Crippen LogP contribution >= 0.6 is 0 Å². The summed E-state index contributed by atoms with van der Waals surface area (Å²) in [7, 11) is 0. The Bertz CT molecular complexity index is 469. The van der Waals surface area contributed by atoms with Crippen LogP contribution in [0.5, 0.6) is 0 Å². The van der Waals surface area contributed by atoms with Gasteiger partial charge >= 0.3 is 5.69 Å². The second kappa shape index (κ2) is 7.86. The van der Waals surface area contributed by atoms with E-state index in [0.29, 0.717) is 12.6 Å². The van der Waals surface area contributed by atoms with Gasteiger partial charge in [-0.05, 0) is 25.3 Å².